The summed E-state index contributed by atoms with van der Waals surface area (Å²) >= 11 is 0. The lowest BCUT2D eigenvalue weighted by atomic mass is 9.84. The fourth-order valence-electron chi connectivity index (χ4n) is 3.89. The molecular weight excluding hydrogens is 192 g/mol. The first kappa shape index (κ1) is 8.50. The van der Waals surface area contributed by atoms with Gasteiger partial charge in [-0.15, -0.1) is 0 Å². The van der Waals surface area contributed by atoms with Gasteiger partial charge in [-0.2, -0.15) is 0 Å². The molecule has 1 heterocycles. The van der Waals surface area contributed by atoms with E-state index in [0.717, 1.165) is 0 Å². The molecule has 3 heteroatoms. The van der Waals surface area contributed by atoms with Gasteiger partial charge in [0.25, 0.3) is 0 Å². The number of rotatable bonds is 0. The Kier molecular flexibility index (Phi) is 1.44. The van der Waals surface area contributed by atoms with Crippen LogP contribution in [0, 0.1) is 23.7 Å². The summed E-state index contributed by atoms with van der Waals surface area (Å²) < 4.78 is 11.7. The Morgan fingerprint density at radius 1 is 1.00 bits per heavy atom. The fraction of sp³-hybridized carbons (Fsp3) is 0.667. The van der Waals surface area contributed by atoms with Crippen LogP contribution < -0.4 is 0 Å². The fourth-order valence-corrected chi connectivity index (χ4v) is 3.89. The second-order valence-electron chi connectivity index (χ2n) is 4.88. The van der Waals surface area contributed by atoms with Crippen LogP contribution in [-0.2, 0) is 9.47 Å². The van der Waals surface area contributed by atoms with E-state index >= 15 is 0 Å². The quantitative estimate of drug-likeness (QED) is 0.593. The maximum absolute atomic E-state index is 9.93. The summed E-state index contributed by atoms with van der Waals surface area (Å²) in [5, 5.41) is 9.93. The van der Waals surface area contributed by atoms with Crippen molar-refractivity contribution in [2.75, 3.05) is 13.2 Å². The molecule has 0 radical (unpaired) electrons. The molecule has 1 spiro atoms. The third-order valence-electron chi connectivity index (χ3n) is 4.39. The first-order chi connectivity index (χ1) is 7.33. The van der Waals surface area contributed by atoms with E-state index < -0.39 is 5.79 Å². The van der Waals surface area contributed by atoms with Crippen molar-refractivity contribution in [2.24, 2.45) is 23.7 Å². The minimum Gasteiger partial charge on any atom is -0.389 e. The van der Waals surface area contributed by atoms with Gasteiger partial charge < -0.3 is 14.6 Å². The van der Waals surface area contributed by atoms with Gasteiger partial charge in [-0.25, -0.2) is 0 Å². The zero-order chi connectivity index (χ0) is 10.0. The van der Waals surface area contributed by atoms with Gasteiger partial charge in [0.2, 0.25) is 0 Å². The second kappa shape index (κ2) is 2.54. The lowest BCUT2D eigenvalue weighted by Gasteiger charge is -2.29. The standard InChI is InChI=1S/C12H14O3/c13-10-4-1-7-8-2-3-9(11(7)10)12(8)14-5-6-15-12/h1-4,7-11,13H,5-6H2. The van der Waals surface area contributed by atoms with Crippen LogP contribution in [0.25, 0.3) is 0 Å². The Balaban J connectivity index is 1.80. The summed E-state index contributed by atoms with van der Waals surface area (Å²) in [7, 11) is 0. The van der Waals surface area contributed by atoms with Crippen molar-refractivity contribution in [3.05, 3.63) is 24.3 Å². The normalized spacial score (nSPS) is 53.3. The molecule has 5 atom stereocenters. The van der Waals surface area contributed by atoms with Crippen LogP contribution in [-0.4, -0.2) is 30.2 Å². The molecule has 0 aromatic rings. The number of ether oxygens (including phenoxy) is 2. The zero-order valence-electron chi connectivity index (χ0n) is 8.37. The van der Waals surface area contributed by atoms with Crippen molar-refractivity contribution in [2.45, 2.75) is 11.9 Å². The molecule has 0 aromatic heterocycles. The summed E-state index contributed by atoms with van der Waals surface area (Å²) in [5.74, 6) is 0.802. The molecular formula is C12H14O3. The highest BCUT2D eigenvalue weighted by molar-refractivity contribution is 5.31. The van der Waals surface area contributed by atoms with Crippen molar-refractivity contribution in [1.29, 1.82) is 0 Å². The minimum atomic E-state index is -0.429. The summed E-state index contributed by atoms with van der Waals surface area (Å²) in [6.07, 6.45) is 8.12. The SMILES string of the molecule is OC1C=CC2C1C1C=CC2C12OCCO2. The van der Waals surface area contributed by atoms with E-state index in [0.29, 0.717) is 25.0 Å². The monoisotopic (exact) mass is 206 g/mol. The average molecular weight is 206 g/mol. The summed E-state index contributed by atoms with van der Waals surface area (Å²) in [5.41, 5.74) is 0. The summed E-state index contributed by atoms with van der Waals surface area (Å²) in [6, 6.07) is 0. The van der Waals surface area contributed by atoms with Crippen molar-refractivity contribution in [3.63, 3.8) is 0 Å². The van der Waals surface area contributed by atoms with Gasteiger partial charge in [-0.1, -0.05) is 24.3 Å². The van der Waals surface area contributed by atoms with E-state index in [2.05, 4.69) is 18.2 Å². The van der Waals surface area contributed by atoms with Crippen LogP contribution in [0.1, 0.15) is 0 Å². The van der Waals surface area contributed by atoms with Gasteiger partial charge in [-0.3, -0.25) is 0 Å². The molecule has 80 valence electrons. The smallest absolute Gasteiger partial charge is 0.181 e. The van der Waals surface area contributed by atoms with Gasteiger partial charge in [0.15, 0.2) is 5.79 Å². The number of allylic oxidation sites excluding steroid dienone is 1. The first-order valence-electron chi connectivity index (χ1n) is 5.65. The molecule has 1 aliphatic heterocycles. The molecule has 2 bridgehead atoms. The van der Waals surface area contributed by atoms with E-state index in [1.54, 1.807) is 0 Å². The minimum absolute atomic E-state index is 0.236. The van der Waals surface area contributed by atoms with Crippen LogP contribution in [0.2, 0.25) is 0 Å². The predicted molar refractivity (Wildman–Crippen MR) is 52.9 cm³/mol. The van der Waals surface area contributed by atoms with Gasteiger partial charge in [0.1, 0.15) is 0 Å². The highest BCUT2D eigenvalue weighted by Crippen LogP contribution is 2.61. The van der Waals surface area contributed by atoms with E-state index in [4.69, 9.17) is 9.47 Å². The van der Waals surface area contributed by atoms with Crippen LogP contribution >= 0.6 is 0 Å². The van der Waals surface area contributed by atoms with Crippen molar-refractivity contribution >= 4 is 0 Å². The maximum atomic E-state index is 9.93. The number of hydrogen-bond acceptors (Lipinski definition) is 3. The Labute approximate surface area is 88.4 Å². The highest BCUT2D eigenvalue weighted by Gasteiger charge is 2.66. The average Bonchev–Trinajstić information content (AvgIpc) is 2.96. The van der Waals surface area contributed by atoms with Gasteiger partial charge in [0.05, 0.1) is 19.3 Å². The third-order valence-corrected chi connectivity index (χ3v) is 4.39. The second-order valence-corrected chi connectivity index (χ2v) is 4.88. The Morgan fingerprint density at radius 2 is 1.73 bits per heavy atom. The van der Waals surface area contributed by atoms with Crippen LogP contribution in [0.4, 0.5) is 0 Å². The van der Waals surface area contributed by atoms with Crippen LogP contribution in [0.5, 0.6) is 0 Å². The molecule has 1 N–H and O–H groups in total. The largest absolute Gasteiger partial charge is 0.389 e. The predicted octanol–water partition coefficient (Wildman–Crippen LogP) is 0.708. The topological polar surface area (TPSA) is 38.7 Å². The van der Waals surface area contributed by atoms with E-state index in [9.17, 15) is 5.11 Å². The van der Waals surface area contributed by atoms with E-state index in [1.807, 2.05) is 6.08 Å². The molecule has 1 saturated heterocycles. The molecule has 1 saturated carbocycles. The molecule has 0 amide bonds. The molecule has 3 aliphatic carbocycles. The van der Waals surface area contributed by atoms with Crippen molar-refractivity contribution < 1.29 is 14.6 Å². The molecule has 15 heavy (non-hydrogen) atoms. The Hall–Kier alpha value is -0.640. The summed E-state index contributed by atoms with van der Waals surface area (Å²) in [6.45, 7) is 1.38. The van der Waals surface area contributed by atoms with Crippen molar-refractivity contribution in [3.8, 4) is 0 Å². The zero-order valence-corrected chi connectivity index (χ0v) is 8.37. The molecule has 4 rings (SSSR count). The number of fused-ring (bicyclic) bond motifs is 3. The first-order valence-corrected chi connectivity index (χ1v) is 5.65. The number of aliphatic hydroxyl groups is 1. The van der Waals surface area contributed by atoms with Crippen molar-refractivity contribution in [1.82, 2.24) is 0 Å². The van der Waals surface area contributed by atoms with Gasteiger partial charge in [-0.05, 0) is 5.92 Å². The summed E-state index contributed by atoms with van der Waals surface area (Å²) in [4.78, 5) is 0. The Bertz CT molecular complexity index is 354. The van der Waals surface area contributed by atoms with Crippen LogP contribution in [0.3, 0.4) is 0 Å². The molecule has 3 nitrogen and oxygen atoms in total. The maximum Gasteiger partial charge on any atom is 0.181 e. The number of hydrogen-bond donors (Lipinski definition) is 1. The van der Waals surface area contributed by atoms with E-state index in [1.165, 1.54) is 0 Å². The molecule has 5 unspecified atom stereocenters. The highest BCUT2D eigenvalue weighted by atomic mass is 16.7. The Morgan fingerprint density at radius 3 is 2.47 bits per heavy atom. The van der Waals surface area contributed by atoms with Gasteiger partial charge in [0, 0.05) is 17.8 Å². The molecule has 4 aliphatic rings. The lowest BCUT2D eigenvalue weighted by Crippen LogP contribution is -2.38. The third kappa shape index (κ3) is 0.802. The van der Waals surface area contributed by atoms with Gasteiger partial charge >= 0.3 is 0 Å². The lowest BCUT2D eigenvalue weighted by molar-refractivity contribution is -0.189. The molecule has 2 fully saturated rings. The van der Waals surface area contributed by atoms with Crippen LogP contribution in [0.15, 0.2) is 24.3 Å². The molecule has 0 aromatic carbocycles. The number of aliphatic hydroxyl groups excluding tert-OH is 1. The van der Waals surface area contributed by atoms with E-state index in [-0.39, 0.29) is 17.9 Å².